The number of pyridine rings is 1. The van der Waals surface area contributed by atoms with Gasteiger partial charge in [0.1, 0.15) is 12.1 Å². The molecule has 5 heterocycles. The van der Waals surface area contributed by atoms with Crippen LogP contribution in [-0.4, -0.2) is 37.4 Å². The lowest BCUT2D eigenvalue weighted by Crippen LogP contribution is -2.49. The Kier molecular flexibility index (Phi) is 5.12. The van der Waals surface area contributed by atoms with Crippen LogP contribution in [0.3, 0.4) is 0 Å². The minimum absolute atomic E-state index is 0.146. The van der Waals surface area contributed by atoms with E-state index in [0.717, 1.165) is 49.6 Å². The van der Waals surface area contributed by atoms with Gasteiger partial charge >= 0.3 is 0 Å². The predicted molar refractivity (Wildman–Crippen MR) is 121 cm³/mol. The summed E-state index contributed by atoms with van der Waals surface area (Å²) >= 11 is 0. The normalized spacial score (nSPS) is 22.6. The molecule has 2 aliphatic rings. The van der Waals surface area contributed by atoms with Gasteiger partial charge in [0.15, 0.2) is 5.82 Å². The maximum Gasteiger partial charge on any atom is 0.250 e. The van der Waals surface area contributed by atoms with E-state index in [0.29, 0.717) is 17.8 Å². The van der Waals surface area contributed by atoms with Crippen LogP contribution in [0.1, 0.15) is 56.3 Å². The van der Waals surface area contributed by atoms with E-state index < -0.39 is 0 Å². The molecule has 3 atom stereocenters. The van der Waals surface area contributed by atoms with Gasteiger partial charge in [-0.3, -0.25) is 4.79 Å². The molecule has 1 fully saturated rings. The van der Waals surface area contributed by atoms with Gasteiger partial charge in [-0.1, -0.05) is 19.9 Å². The van der Waals surface area contributed by atoms with Gasteiger partial charge < -0.3 is 9.47 Å². The van der Waals surface area contributed by atoms with Crippen LogP contribution in [0.25, 0.3) is 5.82 Å². The van der Waals surface area contributed by atoms with Crippen molar-refractivity contribution in [3.8, 4) is 5.82 Å². The lowest BCUT2D eigenvalue weighted by molar-refractivity contribution is 0.194. The molecule has 0 aliphatic carbocycles. The molecular weight excluding hydrogens is 388 g/mol. The van der Waals surface area contributed by atoms with Crippen molar-refractivity contribution < 1.29 is 0 Å². The number of piperidine rings is 1. The number of aromatic nitrogens is 5. The quantitative estimate of drug-likeness (QED) is 0.631. The molecular formula is C24H30N6O. The third kappa shape index (κ3) is 3.77. The molecule has 0 radical (unpaired) electrons. The van der Waals surface area contributed by atoms with Crippen LogP contribution < -0.4 is 10.5 Å². The second-order valence-electron chi connectivity index (χ2n) is 9.49. The van der Waals surface area contributed by atoms with Crippen molar-refractivity contribution in [2.75, 3.05) is 18.0 Å². The Bertz CT molecular complexity index is 1130. The number of hydrogen-bond donors (Lipinski definition) is 0. The zero-order valence-corrected chi connectivity index (χ0v) is 18.5. The lowest BCUT2D eigenvalue weighted by atomic mass is 9.76. The molecule has 0 amide bonds. The minimum atomic E-state index is 0.146. The topological polar surface area (TPSA) is 68.8 Å². The summed E-state index contributed by atoms with van der Waals surface area (Å²) in [6.45, 7) is 8.31. The van der Waals surface area contributed by atoms with Gasteiger partial charge in [-0.15, -0.1) is 0 Å². The zero-order chi connectivity index (χ0) is 21.5. The molecule has 162 valence electrons. The van der Waals surface area contributed by atoms with Gasteiger partial charge in [0.05, 0.1) is 6.20 Å². The molecule has 0 aromatic carbocycles. The highest BCUT2D eigenvalue weighted by molar-refractivity contribution is 5.45. The Hall–Kier alpha value is -2.96. The third-order valence-electron chi connectivity index (χ3n) is 6.75. The first kappa shape index (κ1) is 20.0. The number of aryl methyl sites for hydroxylation is 1. The van der Waals surface area contributed by atoms with Gasteiger partial charge in [-0.2, -0.15) is 5.10 Å². The van der Waals surface area contributed by atoms with Crippen LogP contribution in [0, 0.1) is 18.8 Å². The first-order chi connectivity index (χ1) is 15.0. The molecule has 0 N–H and O–H groups in total. The molecule has 5 rings (SSSR count). The van der Waals surface area contributed by atoms with Crippen LogP contribution in [-0.2, 0) is 0 Å². The highest BCUT2D eigenvalue weighted by atomic mass is 16.1. The minimum Gasteiger partial charge on any atom is -0.355 e. The second kappa shape index (κ2) is 7.94. The summed E-state index contributed by atoms with van der Waals surface area (Å²) < 4.78 is 3.90. The Morgan fingerprint density at radius 2 is 2.00 bits per heavy atom. The van der Waals surface area contributed by atoms with E-state index in [2.05, 4.69) is 44.4 Å². The van der Waals surface area contributed by atoms with Crippen LogP contribution in [0.15, 0.2) is 47.8 Å². The SMILES string of the molecule is Cc1cnn(-c2cc(N3C[C@H]4C[C@@H](C3)[C@H](CCC(C)C)n3c4cccc3=O)ncn2)c1. The van der Waals surface area contributed by atoms with E-state index in [1.807, 2.05) is 31.5 Å². The monoisotopic (exact) mass is 418 g/mol. The predicted octanol–water partition coefficient (Wildman–Crippen LogP) is 3.73. The van der Waals surface area contributed by atoms with Gasteiger partial charge in [0, 0.05) is 49.1 Å². The van der Waals surface area contributed by atoms with Gasteiger partial charge in [-0.05, 0) is 49.7 Å². The molecule has 3 aromatic heterocycles. The van der Waals surface area contributed by atoms with Gasteiger partial charge in [-0.25, -0.2) is 14.6 Å². The fraction of sp³-hybridized carbons (Fsp3) is 0.500. The van der Waals surface area contributed by atoms with Crippen LogP contribution in [0.2, 0.25) is 0 Å². The fourth-order valence-corrected chi connectivity index (χ4v) is 5.28. The number of nitrogens with zero attached hydrogens (tertiary/aromatic N) is 6. The Morgan fingerprint density at radius 1 is 1.16 bits per heavy atom. The Balaban J connectivity index is 1.48. The smallest absolute Gasteiger partial charge is 0.250 e. The van der Waals surface area contributed by atoms with Crippen molar-refractivity contribution in [3.63, 3.8) is 0 Å². The molecule has 31 heavy (non-hydrogen) atoms. The first-order valence-electron chi connectivity index (χ1n) is 11.3. The first-order valence-corrected chi connectivity index (χ1v) is 11.3. The maximum atomic E-state index is 12.8. The summed E-state index contributed by atoms with van der Waals surface area (Å²) in [6, 6.07) is 8.05. The van der Waals surface area contributed by atoms with Crippen LogP contribution in [0.4, 0.5) is 5.82 Å². The summed E-state index contributed by atoms with van der Waals surface area (Å²) in [6.07, 6.45) is 8.74. The fourth-order valence-electron chi connectivity index (χ4n) is 5.28. The van der Waals surface area contributed by atoms with Crippen molar-refractivity contribution in [1.82, 2.24) is 24.3 Å². The molecule has 0 saturated carbocycles. The lowest BCUT2D eigenvalue weighted by Gasteiger charge is -2.47. The maximum absolute atomic E-state index is 12.8. The van der Waals surface area contributed by atoms with Crippen molar-refractivity contribution in [3.05, 3.63) is 64.6 Å². The van der Waals surface area contributed by atoms with E-state index >= 15 is 0 Å². The number of rotatable bonds is 5. The van der Waals surface area contributed by atoms with Crippen LogP contribution >= 0.6 is 0 Å². The van der Waals surface area contributed by atoms with Crippen molar-refractivity contribution in [1.29, 1.82) is 0 Å². The summed E-state index contributed by atoms with van der Waals surface area (Å²) in [7, 11) is 0. The second-order valence-corrected chi connectivity index (χ2v) is 9.49. The van der Waals surface area contributed by atoms with E-state index in [4.69, 9.17) is 0 Å². The standard InChI is InChI=1S/C24H30N6O/c1-16(2)7-8-21-19-9-18(20-5-4-6-24(31)30(20)21)13-28(14-19)22-10-23(26-15-25-22)29-12-17(3)11-27-29/h4-6,10-12,15-16,18-19,21H,7-9,13-14H2,1-3H3/t18-,19+,21+/m1/s1. The highest BCUT2D eigenvalue weighted by Gasteiger charge is 2.40. The third-order valence-corrected chi connectivity index (χ3v) is 6.75. The Morgan fingerprint density at radius 3 is 2.77 bits per heavy atom. The summed E-state index contributed by atoms with van der Waals surface area (Å²) in [5.74, 6) is 3.12. The van der Waals surface area contributed by atoms with E-state index in [1.165, 1.54) is 5.69 Å². The molecule has 1 saturated heterocycles. The van der Waals surface area contributed by atoms with Crippen LogP contribution in [0.5, 0.6) is 0 Å². The molecule has 0 spiro atoms. The molecule has 3 aromatic rings. The zero-order valence-electron chi connectivity index (χ0n) is 18.5. The van der Waals surface area contributed by atoms with Crippen molar-refractivity contribution in [2.24, 2.45) is 11.8 Å². The van der Waals surface area contributed by atoms with Crippen molar-refractivity contribution >= 4 is 5.82 Å². The van der Waals surface area contributed by atoms with Gasteiger partial charge in [0.2, 0.25) is 0 Å². The summed E-state index contributed by atoms with van der Waals surface area (Å²) in [4.78, 5) is 24.2. The number of hydrogen-bond acceptors (Lipinski definition) is 5. The molecule has 0 unspecified atom stereocenters. The average Bonchev–Trinajstić information content (AvgIpc) is 3.20. The van der Waals surface area contributed by atoms with Crippen molar-refractivity contribution in [2.45, 2.75) is 52.0 Å². The molecule has 2 bridgehead atoms. The van der Waals surface area contributed by atoms with E-state index in [-0.39, 0.29) is 11.6 Å². The largest absolute Gasteiger partial charge is 0.355 e. The molecule has 2 aliphatic heterocycles. The van der Waals surface area contributed by atoms with E-state index in [9.17, 15) is 4.79 Å². The number of fused-ring (bicyclic) bond motifs is 4. The van der Waals surface area contributed by atoms with Gasteiger partial charge in [0.25, 0.3) is 5.56 Å². The highest BCUT2D eigenvalue weighted by Crippen LogP contribution is 2.44. The van der Waals surface area contributed by atoms with E-state index in [1.54, 1.807) is 17.1 Å². The number of anilines is 1. The summed E-state index contributed by atoms with van der Waals surface area (Å²) in [5, 5.41) is 4.39. The molecule has 7 nitrogen and oxygen atoms in total. The Labute approximate surface area is 182 Å². The average molecular weight is 419 g/mol. The molecule has 7 heteroatoms. The summed E-state index contributed by atoms with van der Waals surface area (Å²) in [5.41, 5.74) is 2.43.